The highest BCUT2D eigenvalue weighted by molar-refractivity contribution is 5.98. The fourth-order valence-electron chi connectivity index (χ4n) is 2.52. The van der Waals surface area contributed by atoms with Crippen LogP contribution in [0, 0.1) is 5.41 Å². The SMILES string of the molecule is COCCNC(=O)c1cccc(NCC(=O)Nc2cccc(NC(=O)C(C)(C)C)c2)c1. The summed E-state index contributed by atoms with van der Waals surface area (Å²) in [5.74, 6) is -0.572. The standard InChI is InChI=1S/C23H30N4O4/c1-23(2,3)22(30)27-19-10-6-9-18(14-19)26-20(28)15-25-17-8-5-7-16(13-17)21(29)24-11-12-31-4/h5-10,13-14,25H,11-12,15H2,1-4H3,(H,24,29)(H,26,28)(H,27,30). The quantitative estimate of drug-likeness (QED) is 0.461. The second-order valence-corrected chi connectivity index (χ2v) is 8.02. The van der Waals surface area contributed by atoms with Gasteiger partial charge in [-0.15, -0.1) is 0 Å². The summed E-state index contributed by atoms with van der Waals surface area (Å²) in [7, 11) is 1.57. The summed E-state index contributed by atoms with van der Waals surface area (Å²) in [6, 6.07) is 13.9. The minimum absolute atomic E-state index is 0.0212. The van der Waals surface area contributed by atoms with Gasteiger partial charge in [0.1, 0.15) is 0 Å². The molecule has 8 heteroatoms. The summed E-state index contributed by atoms with van der Waals surface area (Å²) in [4.78, 5) is 36.6. The molecule has 4 N–H and O–H groups in total. The van der Waals surface area contributed by atoms with Crippen LogP contribution < -0.4 is 21.3 Å². The van der Waals surface area contributed by atoms with Crippen LogP contribution in [-0.4, -0.2) is 44.5 Å². The molecule has 31 heavy (non-hydrogen) atoms. The number of rotatable bonds is 9. The van der Waals surface area contributed by atoms with Gasteiger partial charge < -0.3 is 26.0 Å². The van der Waals surface area contributed by atoms with E-state index in [2.05, 4.69) is 21.3 Å². The molecule has 0 fully saturated rings. The first kappa shape index (κ1) is 23.9. The molecule has 0 spiro atoms. The molecule has 0 aromatic heterocycles. The second-order valence-electron chi connectivity index (χ2n) is 8.02. The number of hydrogen-bond donors (Lipinski definition) is 4. The van der Waals surface area contributed by atoms with E-state index in [1.807, 2.05) is 20.8 Å². The largest absolute Gasteiger partial charge is 0.383 e. The maximum absolute atomic E-state index is 12.3. The summed E-state index contributed by atoms with van der Waals surface area (Å²) >= 11 is 0. The molecule has 2 aromatic carbocycles. The van der Waals surface area contributed by atoms with E-state index in [4.69, 9.17) is 4.74 Å². The molecule has 0 aliphatic heterocycles. The molecule has 0 aliphatic rings. The number of ether oxygens (including phenoxy) is 1. The van der Waals surface area contributed by atoms with Crippen LogP contribution in [0.2, 0.25) is 0 Å². The van der Waals surface area contributed by atoms with Gasteiger partial charge in [0.25, 0.3) is 5.91 Å². The molecule has 3 amide bonds. The van der Waals surface area contributed by atoms with Crippen LogP contribution in [-0.2, 0) is 14.3 Å². The summed E-state index contributed by atoms with van der Waals surface area (Å²) in [5, 5.41) is 11.4. The molecular formula is C23H30N4O4. The highest BCUT2D eigenvalue weighted by Crippen LogP contribution is 2.20. The van der Waals surface area contributed by atoms with Gasteiger partial charge in [-0.2, -0.15) is 0 Å². The van der Waals surface area contributed by atoms with E-state index < -0.39 is 5.41 Å². The number of methoxy groups -OCH3 is 1. The first-order valence-electron chi connectivity index (χ1n) is 10.0. The smallest absolute Gasteiger partial charge is 0.251 e. The Labute approximate surface area is 182 Å². The van der Waals surface area contributed by atoms with E-state index in [1.54, 1.807) is 55.6 Å². The lowest BCUT2D eigenvalue weighted by Gasteiger charge is -2.18. The van der Waals surface area contributed by atoms with E-state index in [0.29, 0.717) is 35.8 Å². The molecule has 0 heterocycles. The van der Waals surface area contributed by atoms with Gasteiger partial charge in [-0.05, 0) is 36.4 Å². The van der Waals surface area contributed by atoms with Crippen LogP contribution in [0.25, 0.3) is 0 Å². The van der Waals surface area contributed by atoms with Crippen LogP contribution in [0.15, 0.2) is 48.5 Å². The lowest BCUT2D eigenvalue weighted by atomic mass is 9.95. The predicted molar refractivity (Wildman–Crippen MR) is 122 cm³/mol. The normalized spacial score (nSPS) is 10.8. The Hall–Kier alpha value is -3.39. The summed E-state index contributed by atoms with van der Waals surface area (Å²) in [6.45, 7) is 6.37. The van der Waals surface area contributed by atoms with Crippen LogP contribution in [0.1, 0.15) is 31.1 Å². The minimum atomic E-state index is -0.515. The molecule has 0 atom stereocenters. The van der Waals surface area contributed by atoms with Gasteiger partial charge >= 0.3 is 0 Å². The Balaban J connectivity index is 1.90. The lowest BCUT2D eigenvalue weighted by Crippen LogP contribution is -2.27. The number of anilines is 3. The van der Waals surface area contributed by atoms with E-state index >= 15 is 0 Å². The number of amides is 3. The molecule has 2 rings (SSSR count). The third-order valence-corrected chi connectivity index (χ3v) is 4.25. The predicted octanol–water partition coefficient (Wildman–Crippen LogP) is 3.10. The minimum Gasteiger partial charge on any atom is -0.383 e. The van der Waals surface area contributed by atoms with Gasteiger partial charge in [-0.1, -0.05) is 32.9 Å². The Kier molecular flexibility index (Phi) is 8.57. The average Bonchev–Trinajstić information content (AvgIpc) is 2.72. The van der Waals surface area contributed by atoms with Gasteiger partial charge in [-0.25, -0.2) is 0 Å². The lowest BCUT2D eigenvalue weighted by molar-refractivity contribution is -0.123. The van der Waals surface area contributed by atoms with Crippen LogP contribution in [0.5, 0.6) is 0 Å². The third kappa shape index (κ3) is 8.10. The summed E-state index contributed by atoms with van der Waals surface area (Å²) < 4.78 is 4.91. The fourth-order valence-corrected chi connectivity index (χ4v) is 2.52. The van der Waals surface area contributed by atoms with Gasteiger partial charge in [0.15, 0.2) is 0 Å². The Morgan fingerprint density at radius 2 is 1.55 bits per heavy atom. The number of nitrogens with one attached hydrogen (secondary N) is 4. The van der Waals surface area contributed by atoms with Gasteiger partial charge in [0.05, 0.1) is 13.2 Å². The van der Waals surface area contributed by atoms with Crippen LogP contribution in [0.4, 0.5) is 17.1 Å². The first-order chi connectivity index (χ1) is 14.7. The number of carbonyl (C=O) groups excluding carboxylic acids is 3. The average molecular weight is 427 g/mol. The molecule has 2 aromatic rings. The van der Waals surface area contributed by atoms with Gasteiger partial charge in [0.2, 0.25) is 11.8 Å². The maximum Gasteiger partial charge on any atom is 0.251 e. The third-order valence-electron chi connectivity index (χ3n) is 4.25. The van der Waals surface area contributed by atoms with E-state index in [0.717, 1.165) is 0 Å². The van der Waals surface area contributed by atoms with Crippen molar-refractivity contribution >= 4 is 34.8 Å². The molecule has 0 aliphatic carbocycles. The van der Waals surface area contributed by atoms with E-state index in [1.165, 1.54) is 0 Å². The van der Waals surface area contributed by atoms with Crippen molar-refractivity contribution in [1.82, 2.24) is 5.32 Å². The molecule has 0 radical (unpaired) electrons. The zero-order chi connectivity index (χ0) is 22.9. The summed E-state index contributed by atoms with van der Waals surface area (Å²) in [5.41, 5.74) is 1.81. The van der Waals surface area contributed by atoms with Crippen molar-refractivity contribution in [2.75, 3.05) is 42.8 Å². The zero-order valence-electron chi connectivity index (χ0n) is 18.4. The van der Waals surface area contributed by atoms with Crippen molar-refractivity contribution in [1.29, 1.82) is 0 Å². The summed E-state index contributed by atoms with van der Waals surface area (Å²) in [6.07, 6.45) is 0. The Morgan fingerprint density at radius 1 is 0.903 bits per heavy atom. The number of hydrogen-bond acceptors (Lipinski definition) is 5. The molecule has 0 unspecified atom stereocenters. The zero-order valence-corrected chi connectivity index (χ0v) is 18.4. The van der Waals surface area contributed by atoms with Gasteiger partial charge in [-0.3, -0.25) is 14.4 Å². The highest BCUT2D eigenvalue weighted by atomic mass is 16.5. The second kappa shape index (κ2) is 11.1. The fraction of sp³-hybridized carbons (Fsp3) is 0.348. The van der Waals surface area contributed by atoms with E-state index in [-0.39, 0.29) is 24.3 Å². The Morgan fingerprint density at radius 3 is 2.23 bits per heavy atom. The molecule has 0 saturated heterocycles. The van der Waals surface area contributed by atoms with Gasteiger partial charge in [0, 0.05) is 41.7 Å². The van der Waals surface area contributed by atoms with E-state index in [9.17, 15) is 14.4 Å². The highest BCUT2D eigenvalue weighted by Gasteiger charge is 2.21. The van der Waals surface area contributed by atoms with Crippen molar-refractivity contribution < 1.29 is 19.1 Å². The first-order valence-corrected chi connectivity index (χ1v) is 10.0. The van der Waals surface area contributed by atoms with Crippen LogP contribution >= 0.6 is 0 Å². The molecule has 8 nitrogen and oxygen atoms in total. The molecular weight excluding hydrogens is 396 g/mol. The molecule has 166 valence electrons. The van der Waals surface area contributed by atoms with Crippen LogP contribution in [0.3, 0.4) is 0 Å². The molecule has 0 saturated carbocycles. The van der Waals surface area contributed by atoms with Crippen molar-refractivity contribution in [3.05, 3.63) is 54.1 Å². The monoisotopic (exact) mass is 426 g/mol. The number of benzene rings is 2. The number of carbonyl (C=O) groups is 3. The molecule has 0 bridgehead atoms. The maximum atomic E-state index is 12.3. The van der Waals surface area contributed by atoms with Crippen molar-refractivity contribution in [3.8, 4) is 0 Å². The van der Waals surface area contributed by atoms with Crippen molar-refractivity contribution in [2.24, 2.45) is 5.41 Å². The van der Waals surface area contributed by atoms with Crippen molar-refractivity contribution in [3.63, 3.8) is 0 Å². The van der Waals surface area contributed by atoms with Crippen molar-refractivity contribution in [2.45, 2.75) is 20.8 Å². The topological polar surface area (TPSA) is 109 Å². The Bertz CT molecular complexity index is 922.